The third kappa shape index (κ3) is 3.15. The van der Waals surface area contributed by atoms with Crippen LogP contribution < -0.4 is 10.6 Å². The third-order valence-electron chi connectivity index (χ3n) is 2.34. The minimum atomic E-state index is -5.41. The van der Waals surface area contributed by atoms with Gasteiger partial charge in [0.15, 0.2) is 5.17 Å². The number of thioether (sulfide) groups is 1. The number of benzene rings is 1. The summed E-state index contributed by atoms with van der Waals surface area (Å²) in [4.78, 5) is 25.7. The number of carbonyl (C=O) groups is 2. The predicted molar refractivity (Wildman–Crippen MR) is 68.5 cm³/mol. The highest BCUT2D eigenvalue weighted by atomic mass is 32.2. The molecule has 0 radical (unpaired) electrons. The van der Waals surface area contributed by atoms with Crippen LogP contribution in [0, 0.1) is 0 Å². The Kier molecular flexibility index (Phi) is 3.90. The Hall–Kier alpha value is -2.10. The molecule has 0 saturated carbocycles. The highest BCUT2D eigenvalue weighted by Gasteiger charge is 2.67. The van der Waals surface area contributed by atoms with Crippen molar-refractivity contribution >= 4 is 34.6 Å². The van der Waals surface area contributed by atoms with Crippen LogP contribution in [0.5, 0.6) is 0 Å². The van der Waals surface area contributed by atoms with E-state index in [0.717, 1.165) is 0 Å². The number of amidine groups is 1. The molecule has 1 aromatic rings. The van der Waals surface area contributed by atoms with Gasteiger partial charge in [0.1, 0.15) is 0 Å². The lowest BCUT2D eigenvalue weighted by molar-refractivity contribution is -0.195. The fraction of sp³-hybridized carbons (Fsp3) is 0.182. The summed E-state index contributed by atoms with van der Waals surface area (Å²) in [6.07, 6.45) is -5.41. The van der Waals surface area contributed by atoms with Crippen molar-refractivity contribution < 1.29 is 27.2 Å². The number of hydrogen-bond donors (Lipinski definition) is 2. The molecule has 1 aliphatic heterocycles. The van der Waals surface area contributed by atoms with Gasteiger partial charge in [-0.15, -0.1) is 0 Å². The highest BCUT2D eigenvalue weighted by molar-refractivity contribution is 8.16. The van der Waals surface area contributed by atoms with E-state index in [4.69, 9.17) is 0 Å². The molecule has 21 heavy (non-hydrogen) atoms. The molecule has 1 aliphatic rings. The topological polar surface area (TPSA) is 70.6 Å². The molecule has 1 heterocycles. The van der Waals surface area contributed by atoms with Crippen molar-refractivity contribution in [2.24, 2.45) is 4.99 Å². The monoisotopic (exact) mass is 321 g/mol. The van der Waals surface area contributed by atoms with Gasteiger partial charge in [-0.1, -0.05) is 18.2 Å². The lowest BCUT2D eigenvalue weighted by Crippen LogP contribution is -2.45. The number of aliphatic imine (C=N–C) groups is 1. The SMILES string of the molecule is O=C(N=C1NC(=O)C(F)(C(F)(F)F)S1)Nc1ccccc1. The van der Waals surface area contributed by atoms with Crippen molar-refractivity contribution in [2.75, 3.05) is 5.32 Å². The van der Waals surface area contributed by atoms with Crippen LogP contribution in [0.25, 0.3) is 0 Å². The first-order chi connectivity index (χ1) is 9.72. The van der Waals surface area contributed by atoms with E-state index in [0.29, 0.717) is 5.69 Å². The van der Waals surface area contributed by atoms with E-state index >= 15 is 0 Å². The van der Waals surface area contributed by atoms with E-state index in [9.17, 15) is 27.2 Å². The van der Waals surface area contributed by atoms with E-state index in [1.165, 1.54) is 12.1 Å². The maximum atomic E-state index is 13.6. The minimum Gasteiger partial charge on any atom is -0.306 e. The smallest absolute Gasteiger partial charge is 0.306 e. The number of alkyl halides is 4. The van der Waals surface area contributed by atoms with Gasteiger partial charge in [0.2, 0.25) is 0 Å². The normalized spacial score (nSPS) is 24.0. The van der Waals surface area contributed by atoms with Crippen LogP contribution in [0.15, 0.2) is 35.3 Å². The zero-order valence-corrected chi connectivity index (χ0v) is 10.9. The Morgan fingerprint density at radius 2 is 1.90 bits per heavy atom. The molecule has 10 heteroatoms. The number of anilines is 1. The summed E-state index contributed by atoms with van der Waals surface area (Å²) < 4.78 is 50.9. The van der Waals surface area contributed by atoms with Crippen LogP contribution in [0.2, 0.25) is 0 Å². The molecule has 0 bridgehead atoms. The lowest BCUT2D eigenvalue weighted by atomic mass is 10.3. The molecule has 112 valence electrons. The van der Waals surface area contributed by atoms with Crippen molar-refractivity contribution in [3.63, 3.8) is 0 Å². The number of hydrogen-bond acceptors (Lipinski definition) is 3. The number of nitrogens with one attached hydrogen (secondary N) is 2. The molecule has 1 unspecified atom stereocenters. The summed E-state index contributed by atoms with van der Waals surface area (Å²) in [5.41, 5.74) is 0.350. The maximum Gasteiger partial charge on any atom is 0.442 e. The first-order valence-corrected chi connectivity index (χ1v) is 6.25. The standard InChI is InChI=1S/C11H7F4N3O2S/c12-10(11(13,14)15)7(19)17-9(21-10)18-8(20)16-6-4-2-1-3-5-6/h1-5H,(H2,16,17,18,19,20). The molecule has 0 spiro atoms. The van der Waals surface area contributed by atoms with Crippen LogP contribution in [0.3, 0.4) is 0 Å². The quantitative estimate of drug-likeness (QED) is 0.781. The lowest BCUT2D eigenvalue weighted by Gasteiger charge is -2.17. The first kappa shape index (κ1) is 15.3. The van der Waals surface area contributed by atoms with Gasteiger partial charge in [-0.2, -0.15) is 18.2 Å². The molecule has 1 aromatic carbocycles. The van der Waals surface area contributed by atoms with Gasteiger partial charge in [0.05, 0.1) is 0 Å². The summed E-state index contributed by atoms with van der Waals surface area (Å²) in [6, 6.07) is 6.93. The third-order valence-corrected chi connectivity index (χ3v) is 3.43. The number of amides is 3. The largest absolute Gasteiger partial charge is 0.442 e. The average Bonchev–Trinajstić information content (AvgIpc) is 2.66. The molecule has 2 N–H and O–H groups in total. The van der Waals surface area contributed by atoms with Gasteiger partial charge in [-0.05, 0) is 23.9 Å². The van der Waals surface area contributed by atoms with Crippen LogP contribution in [-0.4, -0.2) is 28.3 Å². The molecular weight excluding hydrogens is 314 g/mol. The van der Waals surface area contributed by atoms with Gasteiger partial charge in [0.25, 0.3) is 5.91 Å². The average molecular weight is 321 g/mol. The molecule has 1 atom stereocenters. The van der Waals surface area contributed by atoms with Gasteiger partial charge in [-0.3, -0.25) is 4.79 Å². The molecule has 0 aromatic heterocycles. The number of para-hydroxylation sites is 1. The van der Waals surface area contributed by atoms with Crippen molar-refractivity contribution in [3.05, 3.63) is 30.3 Å². The summed E-state index contributed by atoms with van der Waals surface area (Å²) in [5.74, 6) is -1.91. The van der Waals surface area contributed by atoms with E-state index < -0.39 is 40.0 Å². The zero-order chi connectivity index (χ0) is 15.7. The van der Waals surface area contributed by atoms with E-state index in [1.54, 1.807) is 23.5 Å². The van der Waals surface area contributed by atoms with Gasteiger partial charge in [0, 0.05) is 5.69 Å². The van der Waals surface area contributed by atoms with Crippen LogP contribution in [0.1, 0.15) is 0 Å². The van der Waals surface area contributed by atoms with Crippen molar-refractivity contribution in [2.45, 2.75) is 11.2 Å². The predicted octanol–water partition coefficient (Wildman–Crippen LogP) is 2.67. The summed E-state index contributed by atoms with van der Waals surface area (Å²) in [5, 5.41) is -1.06. The number of rotatable bonds is 1. The van der Waals surface area contributed by atoms with Crippen molar-refractivity contribution in [1.29, 1.82) is 0 Å². The van der Waals surface area contributed by atoms with Crippen molar-refractivity contribution in [1.82, 2.24) is 5.32 Å². The fourth-order valence-electron chi connectivity index (χ4n) is 1.39. The Bertz CT molecular complexity index is 605. The Balaban J connectivity index is 2.10. The van der Waals surface area contributed by atoms with E-state index in [-0.39, 0.29) is 0 Å². The maximum absolute atomic E-state index is 13.6. The number of nitrogens with zero attached hydrogens (tertiary/aromatic N) is 1. The van der Waals surface area contributed by atoms with Crippen LogP contribution >= 0.6 is 11.8 Å². The van der Waals surface area contributed by atoms with Gasteiger partial charge in [-0.25, -0.2) is 9.18 Å². The molecule has 1 fully saturated rings. The highest BCUT2D eigenvalue weighted by Crippen LogP contribution is 2.46. The second-order valence-electron chi connectivity index (χ2n) is 3.86. The molecule has 0 aliphatic carbocycles. The fourth-order valence-corrected chi connectivity index (χ4v) is 2.18. The van der Waals surface area contributed by atoms with Gasteiger partial charge >= 0.3 is 17.2 Å². The minimum absolute atomic E-state index is 0.350. The number of halogens is 4. The van der Waals surface area contributed by atoms with E-state index in [1.807, 2.05) is 0 Å². The Labute approximate surface area is 119 Å². The Morgan fingerprint density at radius 3 is 2.43 bits per heavy atom. The molecular formula is C11H7F4N3O2S. The summed E-state index contributed by atoms with van der Waals surface area (Å²) >= 11 is -0.496. The second kappa shape index (κ2) is 5.35. The van der Waals surface area contributed by atoms with E-state index in [2.05, 4.69) is 10.3 Å². The Morgan fingerprint density at radius 1 is 1.29 bits per heavy atom. The van der Waals surface area contributed by atoms with Crippen LogP contribution in [0.4, 0.5) is 28.0 Å². The molecule has 5 nitrogen and oxygen atoms in total. The number of urea groups is 1. The molecule has 2 rings (SSSR count). The zero-order valence-electron chi connectivity index (χ0n) is 10.1. The number of carbonyl (C=O) groups excluding carboxylic acids is 2. The first-order valence-electron chi connectivity index (χ1n) is 5.43. The summed E-state index contributed by atoms with van der Waals surface area (Å²) in [7, 11) is 0. The molecule has 1 saturated heterocycles. The van der Waals surface area contributed by atoms with Crippen molar-refractivity contribution in [3.8, 4) is 0 Å². The summed E-state index contributed by atoms with van der Waals surface area (Å²) in [6.45, 7) is 0. The van der Waals surface area contributed by atoms with Crippen LogP contribution in [-0.2, 0) is 4.79 Å². The second-order valence-corrected chi connectivity index (χ2v) is 5.02. The molecule has 3 amide bonds. The van der Waals surface area contributed by atoms with Gasteiger partial charge < -0.3 is 10.6 Å².